The van der Waals surface area contributed by atoms with Crippen LogP contribution in [0.1, 0.15) is 11.7 Å². The quantitative estimate of drug-likeness (QED) is 0.793. The van der Waals surface area contributed by atoms with Gasteiger partial charge in [-0.05, 0) is 12.1 Å². The Labute approximate surface area is 78.9 Å². The number of fused-ring (bicyclic) bond motifs is 1. The molecule has 0 aromatic heterocycles. The van der Waals surface area contributed by atoms with E-state index in [-0.39, 0.29) is 12.4 Å². The first kappa shape index (κ1) is 9.21. The highest BCUT2D eigenvalue weighted by Gasteiger charge is 2.22. The average molecular weight is 202 g/mol. The fraction of sp³-hybridized carbons (Fsp3) is 0.333. The van der Waals surface area contributed by atoms with Gasteiger partial charge < -0.3 is 14.6 Å². The molecular weight excluding hydrogens is 194 g/mol. The average Bonchev–Trinajstić information content (AvgIpc) is 2.46. The Morgan fingerprint density at radius 3 is 3.00 bits per heavy atom. The molecule has 0 saturated heterocycles. The Morgan fingerprint density at radius 1 is 1.50 bits per heavy atom. The van der Waals surface area contributed by atoms with Gasteiger partial charge in [0.15, 0.2) is 0 Å². The number of halogens is 2. The molecule has 1 aromatic carbocycles. The molecule has 1 heterocycles. The van der Waals surface area contributed by atoms with Gasteiger partial charge in [0.2, 0.25) is 0 Å². The Kier molecular flexibility index (Phi) is 2.25. The van der Waals surface area contributed by atoms with Crippen molar-refractivity contribution in [3.8, 4) is 11.5 Å². The largest absolute Gasteiger partial charge is 0.490 e. The molecule has 0 radical (unpaired) electrons. The van der Waals surface area contributed by atoms with E-state index in [0.29, 0.717) is 11.3 Å². The number of alkyl halides is 2. The predicted octanol–water partition coefficient (Wildman–Crippen LogP) is 1.71. The second kappa shape index (κ2) is 3.42. The van der Waals surface area contributed by atoms with Gasteiger partial charge in [0.1, 0.15) is 24.2 Å². The van der Waals surface area contributed by atoms with Crippen molar-refractivity contribution in [2.24, 2.45) is 0 Å². The zero-order chi connectivity index (χ0) is 10.1. The van der Waals surface area contributed by atoms with E-state index in [4.69, 9.17) is 4.74 Å². The third-order valence-corrected chi connectivity index (χ3v) is 1.97. The summed E-state index contributed by atoms with van der Waals surface area (Å²) in [7, 11) is 0. The molecule has 3 nitrogen and oxygen atoms in total. The lowest BCUT2D eigenvalue weighted by Crippen LogP contribution is -2.01. The molecule has 1 aromatic rings. The van der Waals surface area contributed by atoms with E-state index in [0.717, 1.165) is 0 Å². The van der Waals surface area contributed by atoms with Crippen LogP contribution in [0.5, 0.6) is 11.5 Å². The number of benzene rings is 1. The SMILES string of the molecule is OC1COc2cc(OC(F)F)ccc21. The smallest absolute Gasteiger partial charge is 0.387 e. The van der Waals surface area contributed by atoms with Crippen molar-refractivity contribution < 1.29 is 23.4 Å². The van der Waals surface area contributed by atoms with Crippen LogP contribution in [0, 0.1) is 0 Å². The molecule has 14 heavy (non-hydrogen) atoms. The van der Waals surface area contributed by atoms with Gasteiger partial charge in [0.25, 0.3) is 0 Å². The molecule has 1 aliphatic heterocycles. The zero-order valence-corrected chi connectivity index (χ0v) is 7.11. The molecule has 5 heteroatoms. The lowest BCUT2D eigenvalue weighted by molar-refractivity contribution is -0.0499. The molecule has 0 fully saturated rings. The molecule has 0 bridgehead atoms. The maximum absolute atomic E-state index is 11.8. The second-order valence-electron chi connectivity index (χ2n) is 2.90. The minimum atomic E-state index is -2.85. The van der Waals surface area contributed by atoms with E-state index < -0.39 is 12.7 Å². The maximum Gasteiger partial charge on any atom is 0.387 e. The van der Waals surface area contributed by atoms with Crippen LogP contribution in [0.15, 0.2) is 18.2 Å². The first-order chi connectivity index (χ1) is 6.66. The van der Waals surface area contributed by atoms with E-state index in [1.165, 1.54) is 18.2 Å². The predicted molar refractivity (Wildman–Crippen MR) is 43.5 cm³/mol. The molecule has 2 rings (SSSR count). The van der Waals surface area contributed by atoms with E-state index in [9.17, 15) is 13.9 Å². The van der Waals surface area contributed by atoms with Crippen molar-refractivity contribution in [3.63, 3.8) is 0 Å². The van der Waals surface area contributed by atoms with Crippen molar-refractivity contribution in [1.82, 2.24) is 0 Å². The van der Waals surface area contributed by atoms with Gasteiger partial charge in [-0.1, -0.05) is 0 Å². The molecule has 76 valence electrons. The monoisotopic (exact) mass is 202 g/mol. The van der Waals surface area contributed by atoms with Crippen LogP contribution in [-0.4, -0.2) is 18.3 Å². The highest BCUT2D eigenvalue weighted by molar-refractivity contribution is 5.44. The molecule has 1 unspecified atom stereocenters. The lowest BCUT2D eigenvalue weighted by Gasteiger charge is -2.05. The van der Waals surface area contributed by atoms with Gasteiger partial charge in [-0.3, -0.25) is 0 Å². The van der Waals surface area contributed by atoms with Crippen LogP contribution >= 0.6 is 0 Å². The van der Waals surface area contributed by atoms with Crippen molar-refractivity contribution >= 4 is 0 Å². The number of aliphatic hydroxyl groups is 1. The topological polar surface area (TPSA) is 38.7 Å². The standard InChI is InChI=1S/C9H8F2O3/c10-9(11)14-5-1-2-6-7(12)4-13-8(6)3-5/h1-3,7,9,12H,4H2. The Hall–Kier alpha value is -1.36. The number of hydrogen-bond donors (Lipinski definition) is 1. The highest BCUT2D eigenvalue weighted by Crippen LogP contribution is 2.35. The summed E-state index contributed by atoms with van der Waals surface area (Å²) >= 11 is 0. The minimum absolute atomic E-state index is 0.0350. The van der Waals surface area contributed by atoms with Crippen LogP contribution in [-0.2, 0) is 0 Å². The van der Waals surface area contributed by atoms with Crippen molar-refractivity contribution in [3.05, 3.63) is 23.8 Å². The van der Waals surface area contributed by atoms with Crippen LogP contribution in [0.4, 0.5) is 8.78 Å². The van der Waals surface area contributed by atoms with Crippen LogP contribution in [0.3, 0.4) is 0 Å². The number of rotatable bonds is 2. The summed E-state index contributed by atoms with van der Waals surface area (Å²) in [4.78, 5) is 0. The maximum atomic E-state index is 11.8. The number of aliphatic hydroxyl groups excluding tert-OH is 1. The fourth-order valence-electron chi connectivity index (χ4n) is 1.35. The molecule has 0 spiro atoms. The summed E-state index contributed by atoms with van der Waals surface area (Å²) < 4.78 is 32.9. The first-order valence-electron chi connectivity index (χ1n) is 4.06. The highest BCUT2D eigenvalue weighted by atomic mass is 19.3. The van der Waals surface area contributed by atoms with Gasteiger partial charge in [-0.15, -0.1) is 0 Å². The van der Waals surface area contributed by atoms with Gasteiger partial charge in [0, 0.05) is 11.6 Å². The van der Waals surface area contributed by atoms with Crippen molar-refractivity contribution in [2.75, 3.05) is 6.61 Å². The van der Waals surface area contributed by atoms with Gasteiger partial charge >= 0.3 is 6.61 Å². The molecule has 1 N–H and O–H groups in total. The zero-order valence-electron chi connectivity index (χ0n) is 7.11. The summed E-state index contributed by atoms with van der Waals surface area (Å²) in [6.07, 6.45) is -0.675. The van der Waals surface area contributed by atoms with E-state index in [1.54, 1.807) is 0 Å². The molecule has 1 aliphatic rings. The Morgan fingerprint density at radius 2 is 2.29 bits per heavy atom. The van der Waals surface area contributed by atoms with Crippen LogP contribution in [0.25, 0.3) is 0 Å². The van der Waals surface area contributed by atoms with Crippen LogP contribution in [0.2, 0.25) is 0 Å². The first-order valence-corrected chi connectivity index (χ1v) is 4.06. The lowest BCUT2D eigenvalue weighted by atomic mass is 10.1. The number of ether oxygens (including phenoxy) is 2. The number of hydrogen-bond acceptors (Lipinski definition) is 3. The normalized spacial score (nSPS) is 19.3. The minimum Gasteiger partial charge on any atom is -0.490 e. The van der Waals surface area contributed by atoms with E-state index in [2.05, 4.69) is 4.74 Å². The molecule has 1 atom stereocenters. The summed E-state index contributed by atoms with van der Waals surface area (Å²) in [5, 5.41) is 9.34. The van der Waals surface area contributed by atoms with E-state index in [1.807, 2.05) is 0 Å². The van der Waals surface area contributed by atoms with Gasteiger partial charge in [-0.2, -0.15) is 8.78 Å². The fourth-order valence-corrected chi connectivity index (χ4v) is 1.35. The third kappa shape index (κ3) is 1.63. The van der Waals surface area contributed by atoms with Crippen molar-refractivity contribution in [1.29, 1.82) is 0 Å². The molecule has 0 saturated carbocycles. The van der Waals surface area contributed by atoms with Gasteiger partial charge in [0.05, 0.1) is 0 Å². The van der Waals surface area contributed by atoms with E-state index >= 15 is 0 Å². The summed E-state index contributed by atoms with van der Waals surface area (Å²) in [6, 6.07) is 4.24. The second-order valence-corrected chi connectivity index (χ2v) is 2.90. The summed E-state index contributed by atoms with van der Waals surface area (Å²) in [5.41, 5.74) is 0.603. The molecule has 0 aliphatic carbocycles. The van der Waals surface area contributed by atoms with Gasteiger partial charge in [-0.25, -0.2) is 0 Å². The Balaban J connectivity index is 2.24. The molecular formula is C9H8F2O3. The third-order valence-electron chi connectivity index (χ3n) is 1.97. The Bertz CT molecular complexity index is 341. The summed E-state index contributed by atoms with van der Waals surface area (Å²) in [5.74, 6) is 0.434. The molecule has 0 amide bonds. The van der Waals surface area contributed by atoms with Crippen LogP contribution < -0.4 is 9.47 Å². The summed E-state index contributed by atoms with van der Waals surface area (Å²) in [6.45, 7) is -2.69. The van der Waals surface area contributed by atoms with Crippen molar-refractivity contribution in [2.45, 2.75) is 12.7 Å².